The van der Waals surface area contributed by atoms with Gasteiger partial charge in [-0.1, -0.05) is 46.0 Å². The summed E-state index contributed by atoms with van der Waals surface area (Å²) in [6, 6.07) is 2.41. The van der Waals surface area contributed by atoms with Crippen molar-refractivity contribution in [3.05, 3.63) is 28.3 Å². The Hall–Kier alpha value is 0.0643. The van der Waals surface area contributed by atoms with Crippen LogP contribution >= 0.6 is 0 Å². The third-order valence-corrected chi connectivity index (χ3v) is 3.10. The van der Waals surface area contributed by atoms with E-state index in [0.29, 0.717) is 0 Å². The van der Waals surface area contributed by atoms with E-state index in [1.54, 1.807) is 16.7 Å². The molecule has 0 heterocycles. The van der Waals surface area contributed by atoms with Gasteiger partial charge in [-0.15, -0.1) is 0 Å². The van der Waals surface area contributed by atoms with Crippen LogP contribution < -0.4 is 0 Å². The SMILES string of the molecule is CC[c-]1c(C)cc2c1CCCC2.[Ti]. The zero-order chi connectivity index (χ0) is 8.55. The summed E-state index contributed by atoms with van der Waals surface area (Å²) in [5, 5.41) is 0. The van der Waals surface area contributed by atoms with E-state index in [1.165, 1.54) is 37.7 Å². The minimum Gasteiger partial charge on any atom is -0.207 e. The second-order valence-corrected chi connectivity index (χ2v) is 3.87. The molecular formula is C12H17Ti-. The molecule has 1 aliphatic rings. The monoisotopic (exact) mass is 209 g/mol. The van der Waals surface area contributed by atoms with Crippen LogP contribution in [-0.4, -0.2) is 0 Å². The summed E-state index contributed by atoms with van der Waals surface area (Å²) in [6.07, 6.45) is 6.70. The van der Waals surface area contributed by atoms with Crippen molar-refractivity contribution in [1.82, 2.24) is 0 Å². The van der Waals surface area contributed by atoms with Crippen molar-refractivity contribution in [3.8, 4) is 0 Å². The molecule has 0 N–H and O–H groups in total. The van der Waals surface area contributed by atoms with Crippen LogP contribution in [0.15, 0.2) is 6.07 Å². The summed E-state index contributed by atoms with van der Waals surface area (Å²) in [7, 11) is 0. The van der Waals surface area contributed by atoms with Crippen molar-refractivity contribution in [2.24, 2.45) is 0 Å². The minimum absolute atomic E-state index is 0. The predicted octanol–water partition coefficient (Wildman–Crippen LogP) is 3.15. The Bertz CT molecular complexity index is 284. The van der Waals surface area contributed by atoms with E-state index >= 15 is 0 Å². The molecule has 0 aromatic heterocycles. The number of aryl methyl sites for hydroxylation is 2. The van der Waals surface area contributed by atoms with E-state index < -0.39 is 0 Å². The molecule has 0 bridgehead atoms. The summed E-state index contributed by atoms with van der Waals surface area (Å²) >= 11 is 0. The molecule has 0 saturated heterocycles. The van der Waals surface area contributed by atoms with E-state index in [9.17, 15) is 0 Å². The Balaban J connectivity index is 0.000000845. The third-order valence-electron chi connectivity index (χ3n) is 3.10. The maximum absolute atomic E-state index is 2.41. The van der Waals surface area contributed by atoms with Gasteiger partial charge in [-0.3, -0.25) is 0 Å². The summed E-state index contributed by atoms with van der Waals surface area (Å²) < 4.78 is 0. The fraction of sp³-hybridized carbons (Fsp3) is 0.583. The molecule has 0 nitrogen and oxygen atoms in total. The van der Waals surface area contributed by atoms with E-state index in [4.69, 9.17) is 0 Å². The second kappa shape index (κ2) is 4.53. The average molecular weight is 209 g/mol. The first kappa shape index (κ1) is 11.1. The van der Waals surface area contributed by atoms with Crippen LogP contribution in [0.2, 0.25) is 0 Å². The summed E-state index contributed by atoms with van der Waals surface area (Å²) in [5.74, 6) is 0. The standard InChI is InChI=1S/C12H17.Ti/c1-3-11-9(2)8-10-6-4-5-7-12(10)11;/h8H,3-7H2,1-2H3;/q-1;. The van der Waals surface area contributed by atoms with Gasteiger partial charge in [-0.05, 0) is 0 Å². The largest absolute Gasteiger partial charge is 0.207 e. The van der Waals surface area contributed by atoms with Crippen molar-refractivity contribution in [2.45, 2.75) is 46.0 Å². The first-order valence-electron chi connectivity index (χ1n) is 5.10. The fourth-order valence-corrected chi connectivity index (χ4v) is 2.51. The molecule has 0 saturated carbocycles. The van der Waals surface area contributed by atoms with E-state index in [2.05, 4.69) is 19.9 Å². The Morgan fingerprint density at radius 1 is 1.31 bits per heavy atom. The van der Waals surface area contributed by atoms with Crippen molar-refractivity contribution >= 4 is 0 Å². The van der Waals surface area contributed by atoms with Gasteiger partial charge in [0.15, 0.2) is 0 Å². The van der Waals surface area contributed by atoms with Crippen LogP contribution in [0.1, 0.15) is 42.0 Å². The molecule has 0 atom stereocenters. The molecule has 1 heteroatoms. The van der Waals surface area contributed by atoms with Crippen molar-refractivity contribution in [3.63, 3.8) is 0 Å². The molecule has 1 aromatic carbocycles. The van der Waals surface area contributed by atoms with Gasteiger partial charge in [-0.25, -0.2) is 6.07 Å². The minimum atomic E-state index is 0. The molecule has 2 rings (SSSR count). The Labute approximate surface area is 96.0 Å². The van der Waals surface area contributed by atoms with Gasteiger partial charge in [0.2, 0.25) is 0 Å². The normalized spacial score (nSPS) is 14.9. The molecule has 0 aliphatic heterocycles. The third kappa shape index (κ3) is 1.95. The number of fused-ring (bicyclic) bond motifs is 1. The van der Waals surface area contributed by atoms with Crippen molar-refractivity contribution < 1.29 is 21.7 Å². The molecule has 13 heavy (non-hydrogen) atoms. The molecule has 0 radical (unpaired) electrons. The van der Waals surface area contributed by atoms with Crippen molar-refractivity contribution in [1.29, 1.82) is 0 Å². The van der Waals surface area contributed by atoms with Crippen LogP contribution in [0, 0.1) is 6.92 Å². The zero-order valence-corrected chi connectivity index (χ0v) is 10.2. The summed E-state index contributed by atoms with van der Waals surface area (Å²) in [5.41, 5.74) is 6.52. The molecule has 70 valence electrons. The van der Waals surface area contributed by atoms with Gasteiger partial charge in [0.25, 0.3) is 0 Å². The zero-order valence-electron chi connectivity index (χ0n) is 8.61. The maximum atomic E-state index is 2.41. The summed E-state index contributed by atoms with van der Waals surface area (Å²) in [4.78, 5) is 0. The topological polar surface area (TPSA) is 0 Å². The van der Waals surface area contributed by atoms with Crippen LogP contribution in [-0.2, 0) is 41.0 Å². The predicted molar refractivity (Wildman–Crippen MR) is 52.8 cm³/mol. The quantitative estimate of drug-likeness (QED) is 0.492. The average Bonchev–Trinajstić information content (AvgIpc) is 2.40. The van der Waals surface area contributed by atoms with Crippen LogP contribution in [0.4, 0.5) is 0 Å². The first-order chi connectivity index (χ1) is 5.83. The molecule has 0 unspecified atom stereocenters. The Morgan fingerprint density at radius 2 is 2.00 bits per heavy atom. The van der Waals surface area contributed by atoms with E-state index in [-0.39, 0.29) is 21.7 Å². The number of hydrogen-bond donors (Lipinski definition) is 0. The second-order valence-electron chi connectivity index (χ2n) is 3.87. The van der Waals surface area contributed by atoms with Gasteiger partial charge in [0, 0.05) is 21.7 Å². The van der Waals surface area contributed by atoms with Gasteiger partial charge in [-0.2, -0.15) is 22.3 Å². The first-order valence-corrected chi connectivity index (χ1v) is 5.10. The molecule has 1 aromatic rings. The Morgan fingerprint density at radius 3 is 2.69 bits per heavy atom. The van der Waals surface area contributed by atoms with Crippen LogP contribution in [0.5, 0.6) is 0 Å². The molecule has 0 amide bonds. The van der Waals surface area contributed by atoms with Gasteiger partial charge in [0.05, 0.1) is 0 Å². The van der Waals surface area contributed by atoms with E-state index in [1.807, 2.05) is 0 Å². The molecule has 0 spiro atoms. The smallest absolute Gasteiger partial charge is 0 e. The number of hydrogen-bond acceptors (Lipinski definition) is 0. The fourth-order valence-electron chi connectivity index (χ4n) is 2.51. The molecule has 1 aliphatic carbocycles. The Kier molecular flexibility index (Phi) is 3.88. The molecule has 0 fully saturated rings. The van der Waals surface area contributed by atoms with Gasteiger partial charge in [0.1, 0.15) is 0 Å². The van der Waals surface area contributed by atoms with Crippen LogP contribution in [0.3, 0.4) is 0 Å². The number of rotatable bonds is 1. The molecular weight excluding hydrogens is 192 g/mol. The summed E-state index contributed by atoms with van der Waals surface area (Å²) in [6.45, 7) is 4.54. The van der Waals surface area contributed by atoms with Crippen LogP contribution in [0.25, 0.3) is 0 Å². The van der Waals surface area contributed by atoms with Gasteiger partial charge >= 0.3 is 0 Å². The van der Waals surface area contributed by atoms with E-state index in [0.717, 1.165) is 0 Å². The van der Waals surface area contributed by atoms with Gasteiger partial charge < -0.3 is 0 Å². The maximum Gasteiger partial charge on any atom is 0 e. The van der Waals surface area contributed by atoms with Crippen molar-refractivity contribution in [2.75, 3.05) is 0 Å².